The number of aliphatic hydroxyl groups is 5. The molecule has 5 heterocycles. The lowest BCUT2D eigenvalue weighted by Gasteiger charge is -2.36. The number of rotatable bonds is 13. The number of phosphoric acid groups is 2. The highest BCUT2D eigenvalue weighted by Crippen LogP contribution is 2.60. The Morgan fingerprint density at radius 3 is 2.44 bits per heavy atom. The van der Waals surface area contributed by atoms with E-state index in [1.54, 1.807) is 19.9 Å². The molecule has 4 aromatic rings. The molecule has 2 aliphatic heterocycles. The van der Waals surface area contributed by atoms with Crippen molar-refractivity contribution < 1.29 is 62.5 Å². The number of anilines is 5. The Kier molecular flexibility index (Phi) is 11.1. The summed E-state index contributed by atoms with van der Waals surface area (Å²) in [7, 11) is -11.0. The SMILES string of the molecule is Cc1cc2c(c(S)c1C)Nc1c([nH]c(=O)[nH]c1=O)N2C[C@H](O)[C@H](O)[C@H](O)COP(=O)(O)OP(=O)(O)OC[C@H]1O[C@@H](n2cnc3c(N)ncnc32)[C@H](O)[C@@H]1O. The third-order valence-electron chi connectivity index (χ3n) is 8.70. The van der Waals surface area contributed by atoms with Crippen molar-refractivity contribution in [3.8, 4) is 0 Å². The van der Waals surface area contributed by atoms with Crippen LogP contribution in [0.15, 0.2) is 33.2 Å². The van der Waals surface area contributed by atoms with Crippen LogP contribution in [0, 0.1) is 13.8 Å². The molecule has 1 fully saturated rings. The van der Waals surface area contributed by atoms with E-state index in [1.807, 2.05) is 0 Å². The summed E-state index contributed by atoms with van der Waals surface area (Å²) in [4.78, 5) is 63.1. The number of fused-ring (bicyclic) bond motifs is 3. The molecule has 0 amide bonds. The first kappa shape index (κ1) is 39.9. The van der Waals surface area contributed by atoms with Gasteiger partial charge in [-0.3, -0.25) is 28.4 Å². The molecule has 27 heteroatoms. The maximum Gasteiger partial charge on any atom is 0.481 e. The molecule has 9 atom stereocenters. The van der Waals surface area contributed by atoms with Crippen LogP contribution >= 0.6 is 28.3 Å². The van der Waals surface area contributed by atoms with E-state index in [1.165, 1.54) is 15.8 Å². The fraction of sp³-hybridized carbons (Fsp3) is 0.444. The lowest BCUT2D eigenvalue weighted by atomic mass is 10.0. The van der Waals surface area contributed by atoms with Gasteiger partial charge in [-0.2, -0.15) is 4.31 Å². The molecular formula is C27H35N9O15P2S. The van der Waals surface area contributed by atoms with Crippen molar-refractivity contribution in [3.05, 3.63) is 50.7 Å². The molecule has 1 saturated heterocycles. The van der Waals surface area contributed by atoms with Crippen LogP contribution in [0.25, 0.3) is 11.2 Å². The first-order valence-electron chi connectivity index (χ1n) is 15.7. The molecule has 12 N–H and O–H groups in total. The molecule has 0 aliphatic carbocycles. The molecule has 0 spiro atoms. The topological polar surface area (TPSA) is 363 Å². The summed E-state index contributed by atoms with van der Waals surface area (Å²) in [5, 5.41) is 56.2. The number of aliphatic hydroxyl groups excluding tert-OH is 5. The molecular weight excluding hydrogens is 784 g/mol. The minimum absolute atomic E-state index is 0.0292. The van der Waals surface area contributed by atoms with E-state index >= 15 is 0 Å². The van der Waals surface area contributed by atoms with Gasteiger partial charge in [0.05, 0.1) is 37.5 Å². The van der Waals surface area contributed by atoms with Crippen LogP contribution in [0.4, 0.5) is 28.7 Å². The van der Waals surface area contributed by atoms with Gasteiger partial charge in [0.25, 0.3) is 5.56 Å². The number of β-amino-alcohol motifs (C(OH)–C–C–N with tert-alkyl or cyclic N) is 1. The van der Waals surface area contributed by atoms with E-state index in [-0.39, 0.29) is 28.5 Å². The number of imidazole rings is 1. The van der Waals surface area contributed by atoms with Crippen LogP contribution in [0.1, 0.15) is 17.4 Å². The van der Waals surface area contributed by atoms with Gasteiger partial charge in [-0.15, -0.1) is 12.6 Å². The van der Waals surface area contributed by atoms with E-state index in [0.717, 1.165) is 17.5 Å². The Hall–Kier alpha value is -3.78. The van der Waals surface area contributed by atoms with Gasteiger partial charge in [0.15, 0.2) is 17.7 Å². The molecule has 54 heavy (non-hydrogen) atoms. The normalized spacial score (nSPS) is 23.6. The highest BCUT2D eigenvalue weighted by molar-refractivity contribution is 7.80. The molecule has 3 aromatic heterocycles. The van der Waals surface area contributed by atoms with Crippen LogP contribution < -0.4 is 27.2 Å². The van der Waals surface area contributed by atoms with Gasteiger partial charge in [0, 0.05) is 4.90 Å². The molecule has 1 aromatic carbocycles. The number of aromatic nitrogens is 6. The summed E-state index contributed by atoms with van der Waals surface area (Å²) in [5.74, 6) is -0.0618. The zero-order chi connectivity index (χ0) is 39.4. The van der Waals surface area contributed by atoms with E-state index in [9.17, 15) is 54.0 Å². The number of nitrogen functional groups attached to an aromatic ring is 1. The molecule has 0 bridgehead atoms. The van der Waals surface area contributed by atoms with Crippen LogP contribution in [0.3, 0.4) is 0 Å². The largest absolute Gasteiger partial charge is 0.481 e. The van der Waals surface area contributed by atoms with Crippen molar-refractivity contribution in [1.29, 1.82) is 0 Å². The standard InChI is InChI=1S/C27H35N9O15P2S/c1-9-3-11-15(21(54)10(9)2)32-17-24(33-27(43)34-25(17)42)35(11)4-12(37)18(39)13(38)5-48-52(44,45)51-53(46,47)49-6-14-19(40)20(41)26(50-14)36-8-31-16-22(28)29-7-30-23(16)36/h3,7-8,12-14,18-20,26,32,37-41,54H,4-6H2,1-2H3,(H,44,45)(H,46,47)(H2,28,29,30)(H2,33,34,42,43)/t12-,13+,14+,18-,19+,20+,26+/m0/s1. The number of benzene rings is 1. The summed E-state index contributed by atoms with van der Waals surface area (Å²) in [6, 6.07) is 1.67. The molecule has 294 valence electrons. The van der Waals surface area contributed by atoms with E-state index in [4.69, 9.17) is 15.0 Å². The molecule has 6 rings (SSSR count). The molecule has 2 aliphatic rings. The van der Waals surface area contributed by atoms with Crippen LogP contribution in [-0.4, -0.2) is 121 Å². The summed E-state index contributed by atoms with van der Waals surface area (Å²) < 4.78 is 45.4. The Morgan fingerprint density at radius 1 is 1.02 bits per heavy atom. The number of H-pyrrole nitrogens is 2. The third kappa shape index (κ3) is 7.82. The Balaban J connectivity index is 1.06. The first-order chi connectivity index (χ1) is 25.3. The number of aryl methyl sites for hydroxylation is 1. The lowest BCUT2D eigenvalue weighted by molar-refractivity contribution is -0.0719. The fourth-order valence-electron chi connectivity index (χ4n) is 5.76. The van der Waals surface area contributed by atoms with Crippen LogP contribution in [-0.2, 0) is 27.2 Å². The zero-order valence-electron chi connectivity index (χ0n) is 27.9. The average molecular weight is 820 g/mol. The fourth-order valence-corrected chi connectivity index (χ4v) is 8.21. The first-order valence-corrected chi connectivity index (χ1v) is 19.1. The van der Waals surface area contributed by atoms with Gasteiger partial charge in [-0.25, -0.2) is 28.9 Å². The van der Waals surface area contributed by atoms with Gasteiger partial charge < -0.3 is 56.0 Å². The summed E-state index contributed by atoms with van der Waals surface area (Å²) in [5.41, 5.74) is 6.44. The number of nitrogens with one attached hydrogen (secondary N) is 3. The van der Waals surface area contributed by atoms with Crippen molar-refractivity contribution in [2.24, 2.45) is 0 Å². The van der Waals surface area contributed by atoms with Crippen LogP contribution in [0.5, 0.6) is 0 Å². The van der Waals surface area contributed by atoms with E-state index in [0.29, 0.717) is 16.3 Å². The Morgan fingerprint density at radius 2 is 1.72 bits per heavy atom. The molecule has 2 unspecified atom stereocenters. The van der Waals surface area contributed by atoms with Gasteiger partial charge in [0.1, 0.15) is 60.0 Å². The number of phosphoric ester groups is 2. The number of aromatic amines is 2. The van der Waals surface area contributed by atoms with Gasteiger partial charge in [-0.1, -0.05) is 0 Å². The maximum atomic E-state index is 12.6. The Labute approximate surface area is 307 Å². The van der Waals surface area contributed by atoms with E-state index in [2.05, 4.69) is 51.7 Å². The van der Waals surface area contributed by atoms with Crippen molar-refractivity contribution in [3.63, 3.8) is 0 Å². The summed E-state index contributed by atoms with van der Waals surface area (Å²) in [6.45, 7) is 0.797. The number of nitrogens with zero attached hydrogens (tertiary/aromatic N) is 5. The molecule has 24 nitrogen and oxygen atoms in total. The van der Waals surface area contributed by atoms with E-state index < -0.39 is 89.5 Å². The van der Waals surface area contributed by atoms with Gasteiger partial charge in [0.2, 0.25) is 0 Å². The molecule has 0 radical (unpaired) electrons. The predicted octanol–water partition coefficient (Wildman–Crippen LogP) is -1.46. The minimum Gasteiger partial charge on any atom is -0.388 e. The average Bonchev–Trinajstić information content (AvgIpc) is 3.65. The third-order valence-corrected chi connectivity index (χ3v) is 11.9. The van der Waals surface area contributed by atoms with Crippen LogP contribution in [0.2, 0.25) is 0 Å². The number of hydrogen-bond donors (Lipinski definition) is 12. The summed E-state index contributed by atoms with van der Waals surface area (Å²) >= 11 is 4.54. The highest BCUT2D eigenvalue weighted by atomic mass is 32.1. The summed E-state index contributed by atoms with van der Waals surface area (Å²) in [6.07, 6.45) is -9.93. The van der Waals surface area contributed by atoms with Crippen molar-refractivity contribution in [2.75, 3.05) is 35.7 Å². The number of ether oxygens (including phenoxy) is 1. The van der Waals surface area contributed by atoms with Crippen molar-refractivity contribution >= 4 is 68.1 Å². The Bertz CT molecular complexity index is 2290. The highest BCUT2D eigenvalue weighted by Gasteiger charge is 2.46. The second-order valence-electron chi connectivity index (χ2n) is 12.3. The smallest absolute Gasteiger partial charge is 0.388 e. The minimum atomic E-state index is -5.55. The number of nitrogens with two attached hydrogens (primary N) is 1. The van der Waals surface area contributed by atoms with Gasteiger partial charge in [-0.05, 0) is 31.0 Å². The number of thiol groups is 1. The van der Waals surface area contributed by atoms with Crippen molar-refractivity contribution in [2.45, 2.75) is 61.6 Å². The zero-order valence-corrected chi connectivity index (χ0v) is 30.6. The maximum absolute atomic E-state index is 12.6. The monoisotopic (exact) mass is 819 g/mol. The molecule has 0 saturated carbocycles. The lowest BCUT2D eigenvalue weighted by Crippen LogP contribution is -2.46. The second kappa shape index (κ2) is 15.0. The number of hydrogen-bond acceptors (Lipinski definition) is 20. The van der Waals surface area contributed by atoms with Crippen molar-refractivity contribution in [1.82, 2.24) is 29.5 Å². The predicted molar refractivity (Wildman–Crippen MR) is 187 cm³/mol. The quantitative estimate of drug-likeness (QED) is 0.0541. The van der Waals surface area contributed by atoms with Gasteiger partial charge >= 0.3 is 21.3 Å². The second-order valence-corrected chi connectivity index (χ2v) is 15.8.